The number of thiazole rings is 1. The van der Waals surface area contributed by atoms with Gasteiger partial charge in [-0.2, -0.15) is 5.10 Å². The lowest BCUT2D eigenvalue weighted by Gasteiger charge is -2.00. The summed E-state index contributed by atoms with van der Waals surface area (Å²) in [4.78, 5) is 16.3. The van der Waals surface area contributed by atoms with Crippen molar-refractivity contribution in [2.24, 2.45) is 7.05 Å². The molecule has 0 saturated carbocycles. The van der Waals surface area contributed by atoms with Crippen LogP contribution >= 0.6 is 11.3 Å². The van der Waals surface area contributed by atoms with Gasteiger partial charge in [-0.25, -0.2) is 9.78 Å². The Morgan fingerprint density at radius 2 is 2.21 bits per heavy atom. The third-order valence-corrected chi connectivity index (χ3v) is 3.81. The van der Waals surface area contributed by atoms with Crippen LogP contribution in [0.2, 0.25) is 0 Å². The summed E-state index contributed by atoms with van der Waals surface area (Å²) in [5.74, 6) is -0.347. The van der Waals surface area contributed by atoms with Crippen LogP contribution in [0.25, 0.3) is 0 Å². The predicted molar refractivity (Wildman–Crippen MR) is 73.5 cm³/mol. The lowest BCUT2D eigenvalue weighted by molar-refractivity contribution is 0.0605. The SMILES string of the molecule is COC(=O)c1sc(NCc2cn(C)nc2C)nc1C. The first kappa shape index (κ1) is 13.5. The van der Waals surface area contributed by atoms with Crippen molar-refractivity contribution in [3.8, 4) is 0 Å². The van der Waals surface area contributed by atoms with Crippen LogP contribution in [0.3, 0.4) is 0 Å². The van der Waals surface area contributed by atoms with Crippen molar-refractivity contribution < 1.29 is 9.53 Å². The number of anilines is 1. The highest BCUT2D eigenvalue weighted by molar-refractivity contribution is 7.17. The Labute approximate surface area is 115 Å². The van der Waals surface area contributed by atoms with Gasteiger partial charge in [0.25, 0.3) is 0 Å². The molecule has 0 aliphatic carbocycles. The highest BCUT2D eigenvalue weighted by Crippen LogP contribution is 2.23. The van der Waals surface area contributed by atoms with Crippen LogP contribution in [0.1, 0.15) is 26.6 Å². The maximum Gasteiger partial charge on any atom is 0.350 e. The summed E-state index contributed by atoms with van der Waals surface area (Å²) in [7, 11) is 3.26. The van der Waals surface area contributed by atoms with Crippen molar-refractivity contribution in [2.75, 3.05) is 12.4 Å². The summed E-state index contributed by atoms with van der Waals surface area (Å²) in [5.41, 5.74) is 2.77. The zero-order chi connectivity index (χ0) is 14.0. The molecule has 0 aliphatic rings. The number of carbonyl (C=O) groups is 1. The fraction of sp³-hybridized carbons (Fsp3) is 0.417. The van der Waals surface area contributed by atoms with Crippen molar-refractivity contribution in [2.45, 2.75) is 20.4 Å². The standard InChI is InChI=1S/C12H16N4O2S/c1-7-9(6-16(3)15-7)5-13-12-14-8(2)10(19-12)11(17)18-4/h6H,5H2,1-4H3,(H,13,14). The molecule has 2 rings (SSSR count). The molecule has 0 spiro atoms. The number of nitrogens with zero attached hydrogens (tertiary/aromatic N) is 3. The largest absolute Gasteiger partial charge is 0.465 e. The van der Waals surface area contributed by atoms with Crippen molar-refractivity contribution in [1.29, 1.82) is 0 Å². The molecule has 0 atom stereocenters. The van der Waals surface area contributed by atoms with Crippen LogP contribution in [0.5, 0.6) is 0 Å². The molecule has 7 heteroatoms. The molecule has 0 aliphatic heterocycles. The van der Waals surface area contributed by atoms with E-state index in [2.05, 4.69) is 15.4 Å². The normalized spacial score (nSPS) is 10.5. The first-order chi connectivity index (χ1) is 9.01. The molecule has 1 N–H and O–H groups in total. The first-order valence-corrected chi connectivity index (χ1v) is 6.61. The average Bonchev–Trinajstić information content (AvgIpc) is 2.88. The van der Waals surface area contributed by atoms with Gasteiger partial charge >= 0.3 is 5.97 Å². The molecule has 2 heterocycles. The number of aryl methyl sites for hydroxylation is 3. The summed E-state index contributed by atoms with van der Waals surface area (Å²) in [5, 5.41) is 8.18. The Morgan fingerprint density at radius 3 is 2.79 bits per heavy atom. The van der Waals surface area contributed by atoms with E-state index in [1.165, 1.54) is 18.4 Å². The highest BCUT2D eigenvalue weighted by Gasteiger charge is 2.15. The second-order valence-electron chi connectivity index (χ2n) is 4.19. The van der Waals surface area contributed by atoms with Gasteiger partial charge < -0.3 is 10.1 Å². The predicted octanol–water partition coefficient (Wildman–Crippen LogP) is 1.89. The zero-order valence-electron chi connectivity index (χ0n) is 11.4. The zero-order valence-corrected chi connectivity index (χ0v) is 12.2. The minimum Gasteiger partial charge on any atom is -0.465 e. The minimum atomic E-state index is -0.347. The molecule has 6 nitrogen and oxygen atoms in total. The summed E-state index contributed by atoms with van der Waals surface area (Å²) >= 11 is 1.30. The molecule has 0 saturated heterocycles. The van der Waals surface area contributed by atoms with E-state index in [9.17, 15) is 4.79 Å². The van der Waals surface area contributed by atoms with Crippen LogP contribution in [-0.4, -0.2) is 27.8 Å². The van der Waals surface area contributed by atoms with Crippen molar-refractivity contribution in [3.05, 3.63) is 28.0 Å². The molecule has 0 aromatic carbocycles. The quantitative estimate of drug-likeness (QED) is 0.866. The van der Waals surface area contributed by atoms with E-state index in [1.54, 1.807) is 11.6 Å². The van der Waals surface area contributed by atoms with E-state index in [1.807, 2.05) is 20.2 Å². The fourth-order valence-electron chi connectivity index (χ4n) is 1.75. The van der Waals surface area contributed by atoms with Gasteiger partial charge in [0.1, 0.15) is 4.88 Å². The second-order valence-corrected chi connectivity index (χ2v) is 5.19. The summed E-state index contributed by atoms with van der Waals surface area (Å²) in [6, 6.07) is 0. The van der Waals surface area contributed by atoms with Gasteiger partial charge in [-0.3, -0.25) is 4.68 Å². The highest BCUT2D eigenvalue weighted by atomic mass is 32.1. The molecule has 0 amide bonds. The third-order valence-electron chi connectivity index (χ3n) is 2.71. The number of hydrogen-bond acceptors (Lipinski definition) is 6. The third kappa shape index (κ3) is 2.93. The molecule has 19 heavy (non-hydrogen) atoms. The fourth-order valence-corrected chi connectivity index (χ4v) is 2.63. The second kappa shape index (κ2) is 5.40. The molecule has 102 valence electrons. The van der Waals surface area contributed by atoms with Crippen molar-refractivity contribution in [1.82, 2.24) is 14.8 Å². The van der Waals surface area contributed by atoms with Crippen LogP contribution in [0.4, 0.5) is 5.13 Å². The maximum atomic E-state index is 11.5. The van der Waals surface area contributed by atoms with Gasteiger partial charge in [-0.15, -0.1) is 0 Å². The van der Waals surface area contributed by atoms with Crippen LogP contribution in [-0.2, 0) is 18.3 Å². The first-order valence-electron chi connectivity index (χ1n) is 5.80. The van der Waals surface area contributed by atoms with E-state index in [0.717, 1.165) is 11.3 Å². The van der Waals surface area contributed by atoms with Gasteiger partial charge in [0.05, 0.1) is 18.5 Å². The van der Waals surface area contributed by atoms with E-state index in [4.69, 9.17) is 4.74 Å². The summed E-state index contributed by atoms with van der Waals surface area (Å²) in [6.45, 7) is 4.39. The van der Waals surface area contributed by atoms with E-state index in [-0.39, 0.29) is 5.97 Å². The Balaban J connectivity index is 2.08. The summed E-state index contributed by atoms with van der Waals surface area (Å²) in [6.07, 6.45) is 1.96. The molecule has 0 fully saturated rings. The van der Waals surface area contributed by atoms with Gasteiger partial charge in [0.15, 0.2) is 5.13 Å². The van der Waals surface area contributed by atoms with E-state index >= 15 is 0 Å². The van der Waals surface area contributed by atoms with Gasteiger partial charge in [-0.1, -0.05) is 11.3 Å². The van der Waals surface area contributed by atoms with Crippen LogP contribution in [0.15, 0.2) is 6.20 Å². The Bertz CT molecular complexity index is 603. The number of methoxy groups -OCH3 is 1. The van der Waals surface area contributed by atoms with Crippen molar-refractivity contribution >= 4 is 22.4 Å². The number of aromatic nitrogens is 3. The van der Waals surface area contributed by atoms with Gasteiger partial charge in [0, 0.05) is 25.4 Å². The maximum absolute atomic E-state index is 11.5. The molecule has 0 bridgehead atoms. The van der Waals surface area contributed by atoms with E-state index in [0.29, 0.717) is 22.2 Å². The molecule has 2 aromatic rings. The number of carbonyl (C=O) groups excluding carboxylic acids is 1. The Hall–Kier alpha value is -1.89. The smallest absolute Gasteiger partial charge is 0.350 e. The Morgan fingerprint density at radius 1 is 1.47 bits per heavy atom. The number of nitrogens with one attached hydrogen (secondary N) is 1. The molecular weight excluding hydrogens is 264 g/mol. The van der Waals surface area contributed by atoms with Crippen LogP contribution in [0, 0.1) is 13.8 Å². The van der Waals surface area contributed by atoms with Crippen molar-refractivity contribution in [3.63, 3.8) is 0 Å². The number of rotatable bonds is 4. The summed E-state index contributed by atoms with van der Waals surface area (Å²) < 4.78 is 6.48. The Kier molecular flexibility index (Phi) is 3.84. The lowest BCUT2D eigenvalue weighted by Crippen LogP contribution is -1.99. The molecule has 0 unspecified atom stereocenters. The molecular formula is C12H16N4O2S. The molecule has 0 radical (unpaired) electrons. The monoisotopic (exact) mass is 280 g/mol. The average molecular weight is 280 g/mol. The number of hydrogen-bond donors (Lipinski definition) is 1. The van der Waals surface area contributed by atoms with Crippen LogP contribution < -0.4 is 5.32 Å². The topological polar surface area (TPSA) is 69.0 Å². The minimum absolute atomic E-state index is 0.347. The lowest BCUT2D eigenvalue weighted by atomic mass is 10.3. The molecule has 2 aromatic heterocycles. The van der Waals surface area contributed by atoms with Gasteiger partial charge in [-0.05, 0) is 13.8 Å². The van der Waals surface area contributed by atoms with Gasteiger partial charge in [0.2, 0.25) is 0 Å². The number of ether oxygens (including phenoxy) is 1. The van der Waals surface area contributed by atoms with E-state index < -0.39 is 0 Å². The number of esters is 1.